The van der Waals surface area contributed by atoms with Crippen molar-refractivity contribution in [2.75, 3.05) is 21.3 Å². The molecule has 0 N–H and O–H groups in total. The molecular weight excluding hydrogens is 399 g/mol. The number of hydrogen-bond acceptors (Lipinski definition) is 4. The van der Waals surface area contributed by atoms with Gasteiger partial charge >= 0.3 is 6.18 Å². The van der Waals surface area contributed by atoms with Crippen molar-refractivity contribution in [1.29, 1.82) is 0 Å². The highest BCUT2D eigenvalue weighted by Crippen LogP contribution is 2.31. The first-order chi connectivity index (χ1) is 14.2. The first-order valence-corrected chi connectivity index (χ1v) is 8.93. The molecule has 0 saturated heterocycles. The Morgan fingerprint density at radius 1 is 1.07 bits per heavy atom. The van der Waals surface area contributed by atoms with Gasteiger partial charge in [-0.2, -0.15) is 18.3 Å². The Morgan fingerprint density at radius 3 is 2.43 bits per heavy atom. The van der Waals surface area contributed by atoms with Crippen molar-refractivity contribution in [1.82, 2.24) is 14.7 Å². The van der Waals surface area contributed by atoms with Crippen LogP contribution in [0.25, 0.3) is 5.69 Å². The Kier molecular flexibility index (Phi) is 6.00. The van der Waals surface area contributed by atoms with Crippen LogP contribution in [0.2, 0.25) is 0 Å². The summed E-state index contributed by atoms with van der Waals surface area (Å²) in [5.41, 5.74) is 0.143. The molecule has 0 radical (unpaired) electrons. The zero-order valence-electron chi connectivity index (χ0n) is 16.6. The van der Waals surface area contributed by atoms with Gasteiger partial charge in [0.2, 0.25) is 0 Å². The highest BCUT2D eigenvalue weighted by Gasteiger charge is 2.31. The van der Waals surface area contributed by atoms with Crippen LogP contribution in [0, 0.1) is 0 Å². The van der Waals surface area contributed by atoms with Gasteiger partial charge in [0.1, 0.15) is 5.75 Å². The van der Waals surface area contributed by atoms with E-state index in [2.05, 4.69) is 5.10 Å². The molecule has 158 valence electrons. The highest BCUT2D eigenvalue weighted by atomic mass is 19.4. The van der Waals surface area contributed by atoms with Gasteiger partial charge in [0, 0.05) is 19.2 Å². The van der Waals surface area contributed by atoms with Crippen LogP contribution in [0.3, 0.4) is 0 Å². The summed E-state index contributed by atoms with van der Waals surface area (Å²) in [6, 6.07) is 12.0. The first-order valence-electron chi connectivity index (χ1n) is 8.93. The number of benzene rings is 2. The van der Waals surface area contributed by atoms with Gasteiger partial charge < -0.3 is 14.4 Å². The van der Waals surface area contributed by atoms with Gasteiger partial charge in [-0.3, -0.25) is 4.79 Å². The van der Waals surface area contributed by atoms with Crippen LogP contribution in [0.5, 0.6) is 11.5 Å². The average Bonchev–Trinajstić information content (AvgIpc) is 3.17. The Balaban J connectivity index is 1.90. The molecule has 0 aliphatic heterocycles. The molecule has 0 atom stereocenters. The van der Waals surface area contributed by atoms with Gasteiger partial charge in [0.05, 0.1) is 31.7 Å². The summed E-state index contributed by atoms with van der Waals surface area (Å²) in [5, 5.41) is 4.18. The molecule has 6 nitrogen and oxygen atoms in total. The average molecular weight is 419 g/mol. The van der Waals surface area contributed by atoms with E-state index in [4.69, 9.17) is 9.47 Å². The van der Waals surface area contributed by atoms with Gasteiger partial charge in [-0.05, 0) is 24.3 Å². The van der Waals surface area contributed by atoms with Crippen LogP contribution >= 0.6 is 0 Å². The zero-order valence-corrected chi connectivity index (χ0v) is 16.6. The Bertz CT molecular complexity index is 1050. The number of amides is 1. The van der Waals surface area contributed by atoms with Gasteiger partial charge in [-0.25, -0.2) is 4.68 Å². The van der Waals surface area contributed by atoms with Crippen molar-refractivity contribution >= 4 is 5.91 Å². The van der Waals surface area contributed by atoms with E-state index in [0.717, 1.165) is 17.7 Å². The highest BCUT2D eigenvalue weighted by molar-refractivity contribution is 5.94. The number of halogens is 3. The molecule has 0 aliphatic carbocycles. The molecule has 0 aliphatic rings. The molecule has 1 heterocycles. The molecule has 0 spiro atoms. The number of carbonyl (C=O) groups excluding carboxylic acids is 1. The molecule has 9 heteroatoms. The minimum Gasteiger partial charge on any atom is -0.496 e. The topological polar surface area (TPSA) is 56.6 Å². The lowest BCUT2D eigenvalue weighted by atomic mass is 10.2. The zero-order chi connectivity index (χ0) is 21.9. The van der Waals surface area contributed by atoms with E-state index in [1.165, 1.54) is 35.0 Å². The molecule has 1 amide bonds. The third-order valence-corrected chi connectivity index (χ3v) is 4.49. The first kappa shape index (κ1) is 21.2. The Hall–Kier alpha value is -3.49. The minimum absolute atomic E-state index is 0.00712. The summed E-state index contributed by atoms with van der Waals surface area (Å²) in [4.78, 5) is 14.4. The fourth-order valence-electron chi connectivity index (χ4n) is 2.95. The van der Waals surface area contributed by atoms with Crippen molar-refractivity contribution in [3.8, 4) is 17.2 Å². The van der Waals surface area contributed by atoms with Crippen LogP contribution in [-0.4, -0.2) is 41.9 Å². The summed E-state index contributed by atoms with van der Waals surface area (Å²) >= 11 is 0. The van der Waals surface area contributed by atoms with Crippen molar-refractivity contribution in [3.63, 3.8) is 0 Å². The maximum absolute atomic E-state index is 13.0. The van der Waals surface area contributed by atoms with E-state index in [9.17, 15) is 18.0 Å². The number of para-hydroxylation sites is 1. The van der Waals surface area contributed by atoms with E-state index in [0.29, 0.717) is 5.75 Å². The predicted molar refractivity (Wildman–Crippen MR) is 104 cm³/mol. The molecule has 0 saturated carbocycles. The maximum atomic E-state index is 13.0. The second kappa shape index (κ2) is 8.48. The molecule has 0 fully saturated rings. The van der Waals surface area contributed by atoms with Crippen LogP contribution in [-0.2, 0) is 12.7 Å². The second-order valence-corrected chi connectivity index (χ2v) is 6.51. The lowest BCUT2D eigenvalue weighted by molar-refractivity contribution is -0.137. The fourth-order valence-corrected chi connectivity index (χ4v) is 2.95. The van der Waals surface area contributed by atoms with E-state index in [1.807, 2.05) is 18.2 Å². The van der Waals surface area contributed by atoms with Crippen LogP contribution < -0.4 is 9.47 Å². The number of carbonyl (C=O) groups is 1. The number of rotatable bonds is 6. The molecule has 3 rings (SSSR count). The van der Waals surface area contributed by atoms with Crippen molar-refractivity contribution in [2.24, 2.45) is 0 Å². The van der Waals surface area contributed by atoms with Gasteiger partial charge in [0.25, 0.3) is 5.91 Å². The monoisotopic (exact) mass is 419 g/mol. The quantitative estimate of drug-likeness (QED) is 0.602. The van der Waals surface area contributed by atoms with E-state index in [-0.39, 0.29) is 23.7 Å². The largest absolute Gasteiger partial charge is 0.496 e. The van der Waals surface area contributed by atoms with Crippen molar-refractivity contribution in [2.45, 2.75) is 12.7 Å². The third-order valence-electron chi connectivity index (χ3n) is 4.49. The Morgan fingerprint density at radius 2 is 1.77 bits per heavy atom. The molecule has 3 aromatic rings. The number of nitrogens with zero attached hydrogens (tertiary/aromatic N) is 3. The maximum Gasteiger partial charge on any atom is 0.416 e. The van der Waals surface area contributed by atoms with Crippen molar-refractivity contribution < 1.29 is 27.4 Å². The van der Waals surface area contributed by atoms with E-state index in [1.54, 1.807) is 20.2 Å². The lowest BCUT2D eigenvalue weighted by Crippen LogP contribution is -2.27. The summed E-state index contributed by atoms with van der Waals surface area (Å²) in [7, 11) is 4.50. The molecule has 0 unspecified atom stereocenters. The fraction of sp³-hybridized carbons (Fsp3) is 0.238. The lowest BCUT2D eigenvalue weighted by Gasteiger charge is -2.18. The summed E-state index contributed by atoms with van der Waals surface area (Å²) in [6.07, 6.45) is -3.11. The molecular formula is C21H20F3N3O3. The normalized spacial score (nSPS) is 11.3. The minimum atomic E-state index is -4.49. The number of hydrogen-bond donors (Lipinski definition) is 0. The number of ether oxygens (including phenoxy) is 2. The van der Waals surface area contributed by atoms with E-state index < -0.39 is 17.6 Å². The van der Waals surface area contributed by atoms with Gasteiger partial charge in [0.15, 0.2) is 11.4 Å². The van der Waals surface area contributed by atoms with Crippen LogP contribution in [0.1, 0.15) is 21.6 Å². The second-order valence-electron chi connectivity index (χ2n) is 6.51. The standard InChI is InChI=1S/C21H20F3N3O3/c1-26(12-14-7-4-5-10-17(14)29-2)20(28)19-18(30-3)13-27(25-19)16-9-6-8-15(11-16)21(22,23)24/h4-11,13H,12H2,1-3H3. The smallest absolute Gasteiger partial charge is 0.416 e. The number of aromatic nitrogens is 2. The third kappa shape index (κ3) is 4.40. The van der Waals surface area contributed by atoms with Crippen molar-refractivity contribution in [3.05, 3.63) is 71.5 Å². The molecule has 2 aromatic carbocycles. The summed E-state index contributed by atoms with van der Waals surface area (Å²) in [6.45, 7) is 0.252. The van der Waals surface area contributed by atoms with Crippen LogP contribution in [0.15, 0.2) is 54.7 Å². The van der Waals surface area contributed by atoms with Gasteiger partial charge in [-0.1, -0.05) is 24.3 Å². The summed E-state index contributed by atoms with van der Waals surface area (Å²) in [5.74, 6) is 0.353. The SMILES string of the molecule is COc1ccccc1CN(C)C(=O)c1nn(-c2cccc(C(F)(F)F)c2)cc1OC. The molecule has 0 bridgehead atoms. The predicted octanol–water partition coefficient (Wildman–Crippen LogP) is 4.18. The molecule has 1 aromatic heterocycles. The van der Waals surface area contributed by atoms with Crippen LogP contribution in [0.4, 0.5) is 13.2 Å². The Labute approximate surface area is 171 Å². The van der Waals surface area contributed by atoms with Gasteiger partial charge in [-0.15, -0.1) is 0 Å². The summed E-state index contributed by atoms with van der Waals surface area (Å²) < 4.78 is 50.8. The number of alkyl halides is 3. The molecule has 30 heavy (non-hydrogen) atoms. The van der Waals surface area contributed by atoms with E-state index >= 15 is 0 Å². The number of methoxy groups -OCH3 is 2.